The minimum Gasteiger partial charge on any atom is -0.339 e. The minimum atomic E-state index is 0.0811. The first kappa shape index (κ1) is 13.1. The van der Waals surface area contributed by atoms with Crippen molar-refractivity contribution in [3.05, 3.63) is 32.7 Å². The van der Waals surface area contributed by atoms with Crippen molar-refractivity contribution in [3.63, 3.8) is 0 Å². The molecule has 1 atom stereocenters. The Bertz CT molecular complexity index is 443. The normalized spacial score (nSPS) is 16.7. The fraction of sp³-hybridized carbons (Fsp3) is 0.462. The molecule has 2 nitrogen and oxygen atoms in total. The summed E-state index contributed by atoms with van der Waals surface area (Å²) < 4.78 is 1.78. The van der Waals surface area contributed by atoms with E-state index in [1.807, 2.05) is 30.1 Å². The zero-order chi connectivity index (χ0) is 12.6. The Morgan fingerprint density at radius 2 is 2.06 bits per heavy atom. The second kappa shape index (κ2) is 5.11. The summed E-state index contributed by atoms with van der Waals surface area (Å²) in [5.41, 5.74) is 0.717. The molecule has 0 radical (unpaired) electrons. The Kier molecular flexibility index (Phi) is 3.93. The van der Waals surface area contributed by atoms with E-state index >= 15 is 0 Å². The van der Waals surface area contributed by atoms with Crippen LogP contribution in [0.1, 0.15) is 30.1 Å². The molecule has 1 aromatic carbocycles. The van der Waals surface area contributed by atoms with Gasteiger partial charge in [-0.1, -0.05) is 15.9 Å². The van der Waals surface area contributed by atoms with Crippen molar-refractivity contribution in [2.24, 2.45) is 5.92 Å². The van der Waals surface area contributed by atoms with Crippen LogP contribution in [0, 0.1) is 5.92 Å². The quantitative estimate of drug-likeness (QED) is 0.795. The maximum absolute atomic E-state index is 12.4. The number of benzene rings is 1. The number of rotatable bonds is 3. The van der Waals surface area contributed by atoms with E-state index in [1.165, 1.54) is 12.8 Å². The zero-order valence-electron chi connectivity index (χ0n) is 9.91. The van der Waals surface area contributed by atoms with Crippen molar-refractivity contribution in [1.29, 1.82) is 0 Å². The lowest BCUT2D eigenvalue weighted by atomic mass is 10.1. The summed E-state index contributed by atoms with van der Waals surface area (Å²) in [4.78, 5) is 14.2. The van der Waals surface area contributed by atoms with Crippen LogP contribution in [0.25, 0.3) is 0 Å². The molecule has 0 aromatic heterocycles. The number of amides is 1. The molecule has 0 saturated heterocycles. The van der Waals surface area contributed by atoms with Crippen LogP contribution in [0.2, 0.25) is 0 Å². The van der Waals surface area contributed by atoms with Gasteiger partial charge >= 0.3 is 0 Å². The molecule has 1 aliphatic rings. The van der Waals surface area contributed by atoms with Gasteiger partial charge in [-0.25, -0.2) is 0 Å². The summed E-state index contributed by atoms with van der Waals surface area (Å²) in [5, 5.41) is 0. The summed E-state index contributed by atoms with van der Waals surface area (Å²) in [5.74, 6) is 0.771. The fourth-order valence-corrected chi connectivity index (χ4v) is 2.71. The van der Waals surface area contributed by atoms with Crippen LogP contribution < -0.4 is 0 Å². The summed E-state index contributed by atoms with van der Waals surface area (Å²) in [6, 6.07) is 6.01. The number of halogens is 2. The minimum absolute atomic E-state index is 0.0811. The van der Waals surface area contributed by atoms with Crippen molar-refractivity contribution in [2.75, 3.05) is 7.05 Å². The van der Waals surface area contributed by atoms with Crippen LogP contribution in [0.5, 0.6) is 0 Å². The maximum atomic E-state index is 12.4. The first-order chi connectivity index (χ1) is 8.00. The molecule has 0 spiro atoms. The van der Waals surface area contributed by atoms with Crippen LogP contribution in [0.4, 0.5) is 0 Å². The van der Waals surface area contributed by atoms with Gasteiger partial charge in [-0.3, -0.25) is 4.79 Å². The molecule has 0 N–H and O–H groups in total. The Morgan fingerprint density at radius 3 is 2.65 bits per heavy atom. The SMILES string of the molecule is CC(C1CC1)N(C)C(=O)c1cc(Br)ccc1Br. The summed E-state index contributed by atoms with van der Waals surface area (Å²) in [6.45, 7) is 2.13. The van der Waals surface area contributed by atoms with E-state index in [9.17, 15) is 4.79 Å². The van der Waals surface area contributed by atoms with Crippen molar-refractivity contribution < 1.29 is 4.79 Å². The zero-order valence-corrected chi connectivity index (χ0v) is 13.1. The van der Waals surface area contributed by atoms with Gasteiger partial charge in [0.05, 0.1) is 5.56 Å². The van der Waals surface area contributed by atoms with Crippen LogP contribution in [-0.4, -0.2) is 23.9 Å². The monoisotopic (exact) mass is 359 g/mol. The highest BCUT2D eigenvalue weighted by atomic mass is 79.9. The van der Waals surface area contributed by atoms with Crippen molar-refractivity contribution in [2.45, 2.75) is 25.8 Å². The summed E-state index contributed by atoms with van der Waals surface area (Å²) in [6.07, 6.45) is 2.50. The molecule has 0 heterocycles. The summed E-state index contributed by atoms with van der Waals surface area (Å²) in [7, 11) is 1.89. The molecule has 1 fully saturated rings. The molecule has 4 heteroatoms. The molecular weight excluding hydrogens is 346 g/mol. The van der Waals surface area contributed by atoms with Gasteiger partial charge in [0.25, 0.3) is 5.91 Å². The highest BCUT2D eigenvalue weighted by molar-refractivity contribution is 9.11. The Hall–Kier alpha value is -0.350. The van der Waals surface area contributed by atoms with Gasteiger partial charge in [-0.2, -0.15) is 0 Å². The average molecular weight is 361 g/mol. The number of carbonyl (C=O) groups is 1. The standard InChI is InChI=1S/C13H15Br2NO/c1-8(9-3-4-9)16(2)13(17)11-7-10(14)5-6-12(11)15/h5-9H,3-4H2,1-2H3. The van der Waals surface area contributed by atoms with Crippen LogP contribution in [0.3, 0.4) is 0 Å². The smallest absolute Gasteiger partial charge is 0.255 e. The summed E-state index contributed by atoms with van der Waals surface area (Å²) >= 11 is 6.83. The lowest BCUT2D eigenvalue weighted by Crippen LogP contribution is -2.36. The van der Waals surface area contributed by atoms with Gasteiger partial charge < -0.3 is 4.90 Å². The molecule has 1 aromatic rings. The second-order valence-corrected chi connectivity index (χ2v) is 6.39. The van der Waals surface area contributed by atoms with E-state index in [4.69, 9.17) is 0 Å². The molecule has 0 bridgehead atoms. The van der Waals surface area contributed by atoms with Crippen molar-refractivity contribution >= 4 is 37.8 Å². The second-order valence-electron chi connectivity index (χ2n) is 4.62. The average Bonchev–Trinajstić information content (AvgIpc) is 3.13. The number of carbonyl (C=O) groups excluding carboxylic acids is 1. The first-order valence-corrected chi connectivity index (χ1v) is 7.31. The number of nitrogens with zero attached hydrogens (tertiary/aromatic N) is 1. The van der Waals surface area contributed by atoms with Gasteiger partial charge in [0, 0.05) is 22.0 Å². The number of hydrogen-bond donors (Lipinski definition) is 0. The molecular formula is C13H15Br2NO. The highest BCUT2D eigenvalue weighted by Crippen LogP contribution is 2.35. The van der Waals surface area contributed by atoms with Gasteiger partial charge in [-0.05, 0) is 59.8 Å². The van der Waals surface area contributed by atoms with Gasteiger partial charge in [-0.15, -0.1) is 0 Å². The van der Waals surface area contributed by atoms with Crippen molar-refractivity contribution in [3.8, 4) is 0 Å². The lowest BCUT2D eigenvalue weighted by molar-refractivity contribution is 0.0726. The van der Waals surface area contributed by atoms with E-state index in [0.29, 0.717) is 12.0 Å². The van der Waals surface area contributed by atoms with Crippen molar-refractivity contribution in [1.82, 2.24) is 4.90 Å². The predicted molar refractivity (Wildman–Crippen MR) is 76.1 cm³/mol. The Labute approximate surface area is 119 Å². The third-order valence-corrected chi connectivity index (χ3v) is 4.58. The molecule has 1 amide bonds. The van der Waals surface area contributed by atoms with Crippen LogP contribution in [0.15, 0.2) is 27.1 Å². The molecule has 17 heavy (non-hydrogen) atoms. The van der Waals surface area contributed by atoms with Crippen LogP contribution in [-0.2, 0) is 0 Å². The van der Waals surface area contributed by atoms with Gasteiger partial charge in [0.2, 0.25) is 0 Å². The predicted octanol–water partition coefficient (Wildman–Crippen LogP) is 4.08. The third-order valence-electron chi connectivity index (χ3n) is 3.39. The van der Waals surface area contributed by atoms with Crippen LogP contribution >= 0.6 is 31.9 Å². The molecule has 2 rings (SSSR count). The van der Waals surface area contributed by atoms with E-state index in [-0.39, 0.29) is 5.91 Å². The molecule has 92 valence electrons. The Balaban J connectivity index is 2.20. The van der Waals surface area contributed by atoms with Gasteiger partial charge in [0.1, 0.15) is 0 Å². The molecule has 1 aliphatic carbocycles. The number of hydrogen-bond acceptors (Lipinski definition) is 1. The van der Waals surface area contributed by atoms with E-state index in [2.05, 4.69) is 38.8 Å². The topological polar surface area (TPSA) is 20.3 Å². The molecule has 0 aliphatic heterocycles. The van der Waals surface area contributed by atoms with E-state index < -0.39 is 0 Å². The fourth-order valence-electron chi connectivity index (χ4n) is 1.93. The third kappa shape index (κ3) is 2.91. The van der Waals surface area contributed by atoms with Gasteiger partial charge in [0.15, 0.2) is 0 Å². The Morgan fingerprint density at radius 1 is 1.41 bits per heavy atom. The van der Waals surface area contributed by atoms with E-state index in [1.54, 1.807) is 0 Å². The highest BCUT2D eigenvalue weighted by Gasteiger charge is 2.33. The molecule has 1 unspecified atom stereocenters. The first-order valence-electron chi connectivity index (χ1n) is 5.73. The molecule has 1 saturated carbocycles. The lowest BCUT2D eigenvalue weighted by Gasteiger charge is -2.25. The van der Waals surface area contributed by atoms with E-state index in [0.717, 1.165) is 14.5 Å². The largest absolute Gasteiger partial charge is 0.339 e. The maximum Gasteiger partial charge on any atom is 0.255 e.